The minimum atomic E-state index is -3.61. The lowest BCUT2D eigenvalue weighted by Crippen LogP contribution is -2.57. The molecule has 1 aromatic rings. The summed E-state index contributed by atoms with van der Waals surface area (Å²) in [5.41, 5.74) is 0.661. The molecule has 3 atom stereocenters. The summed E-state index contributed by atoms with van der Waals surface area (Å²) in [6.45, 7) is 3.00. The lowest BCUT2D eigenvalue weighted by atomic mass is 10.0. The van der Waals surface area contributed by atoms with Gasteiger partial charge in [-0.3, -0.25) is 19.2 Å². The van der Waals surface area contributed by atoms with Crippen LogP contribution in [0, 0.1) is 5.92 Å². The summed E-state index contributed by atoms with van der Waals surface area (Å²) in [6, 6.07) is 4.55. The normalized spacial score (nSPS) is 13.8. The largest absolute Gasteiger partial charge is 0.481 e. The summed E-state index contributed by atoms with van der Waals surface area (Å²) < 4.78 is 27.8. The Hall–Kier alpha value is -3.94. The van der Waals surface area contributed by atoms with Gasteiger partial charge in [0.15, 0.2) is 9.84 Å². The fourth-order valence-electron chi connectivity index (χ4n) is 2.95. The molecular weight excluding hydrogens is 510 g/mol. The van der Waals surface area contributed by atoms with E-state index in [2.05, 4.69) is 16.0 Å². The number of carbonyl (C=O) groups excluding carboxylic acids is 3. The van der Waals surface area contributed by atoms with Crippen molar-refractivity contribution in [2.75, 3.05) is 6.26 Å². The van der Waals surface area contributed by atoms with E-state index in [1.165, 1.54) is 0 Å². The molecule has 1 aromatic carbocycles. The average molecular weight is 542 g/mol. The van der Waals surface area contributed by atoms with Crippen molar-refractivity contribution in [3.63, 3.8) is 0 Å². The molecule has 0 bridgehead atoms. The van der Waals surface area contributed by atoms with Crippen LogP contribution in [0.4, 0.5) is 4.79 Å². The maximum absolute atomic E-state index is 12.8. The molecule has 37 heavy (non-hydrogen) atoms. The highest BCUT2D eigenvalue weighted by molar-refractivity contribution is 7.93. The Balaban J connectivity index is 2.94. The van der Waals surface area contributed by atoms with E-state index in [0.29, 0.717) is 5.56 Å². The van der Waals surface area contributed by atoms with Gasteiger partial charge in [-0.2, -0.15) is 0 Å². The fraction of sp³-hybridized carbons (Fsp3) is 0.435. The van der Waals surface area contributed by atoms with Crippen LogP contribution in [0.3, 0.4) is 0 Å². The fourth-order valence-corrected chi connectivity index (χ4v) is 3.42. The van der Waals surface area contributed by atoms with E-state index >= 15 is 0 Å². The molecule has 5 N–H and O–H groups in total. The van der Waals surface area contributed by atoms with Crippen molar-refractivity contribution >= 4 is 39.7 Å². The van der Waals surface area contributed by atoms with E-state index < -0.39 is 76.6 Å². The number of carboxylic acid groups (broad SMARTS) is 2. The quantitative estimate of drug-likeness (QED) is 0.219. The number of carbonyl (C=O) groups is 5. The first-order chi connectivity index (χ1) is 17.2. The molecule has 0 heterocycles. The third kappa shape index (κ3) is 13.1. The van der Waals surface area contributed by atoms with Crippen molar-refractivity contribution in [3.05, 3.63) is 47.4 Å². The van der Waals surface area contributed by atoms with Gasteiger partial charge in [0.1, 0.15) is 18.7 Å². The molecule has 0 saturated carbocycles. The highest BCUT2D eigenvalue weighted by Gasteiger charge is 2.31. The number of ether oxygens (including phenoxy) is 1. The lowest BCUT2D eigenvalue weighted by Gasteiger charge is -2.26. The Labute approximate surface area is 214 Å². The van der Waals surface area contributed by atoms with Gasteiger partial charge in [0.25, 0.3) is 0 Å². The molecule has 0 saturated heterocycles. The number of aliphatic carboxylic acids is 2. The van der Waals surface area contributed by atoms with Crippen molar-refractivity contribution in [2.24, 2.45) is 5.92 Å². The minimum Gasteiger partial charge on any atom is -0.481 e. The van der Waals surface area contributed by atoms with E-state index in [0.717, 1.165) is 17.7 Å². The van der Waals surface area contributed by atoms with Crippen molar-refractivity contribution in [1.82, 2.24) is 16.0 Å². The number of alkyl carbamates (subject to hydrolysis) is 1. The maximum atomic E-state index is 12.8. The van der Waals surface area contributed by atoms with E-state index in [9.17, 15) is 32.4 Å². The van der Waals surface area contributed by atoms with Crippen LogP contribution < -0.4 is 16.0 Å². The summed E-state index contributed by atoms with van der Waals surface area (Å²) in [5, 5.41) is 25.9. The number of benzene rings is 1. The number of sulfone groups is 1. The summed E-state index contributed by atoms with van der Waals surface area (Å²) in [4.78, 5) is 60.2. The number of carboxylic acids is 2. The van der Waals surface area contributed by atoms with Gasteiger partial charge < -0.3 is 30.9 Å². The van der Waals surface area contributed by atoms with E-state index in [-0.39, 0.29) is 6.61 Å². The topological polar surface area (TPSA) is 205 Å². The van der Waals surface area contributed by atoms with Gasteiger partial charge in [0.2, 0.25) is 11.8 Å². The van der Waals surface area contributed by atoms with Crippen LogP contribution in [0.5, 0.6) is 0 Å². The predicted molar refractivity (Wildman–Crippen MR) is 131 cm³/mol. The predicted octanol–water partition coefficient (Wildman–Crippen LogP) is 0.415. The molecule has 3 amide bonds. The van der Waals surface area contributed by atoms with Crippen molar-refractivity contribution in [3.8, 4) is 0 Å². The van der Waals surface area contributed by atoms with Gasteiger partial charge in [0.05, 0.1) is 18.9 Å². The second-order valence-corrected chi connectivity index (χ2v) is 10.4. The van der Waals surface area contributed by atoms with Crippen LogP contribution in [0.25, 0.3) is 0 Å². The number of hydrogen-bond acceptors (Lipinski definition) is 8. The Morgan fingerprint density at radius 1 is 0.919 bits per heavy atom. The first kappa shape index (κ1) is 31.1. The highest BCUT2D eigenvalue weighted by Crippen LogP contribution is 2.07. The van der Waals surface area contributed by atoms with Gasteiger partial charge in [0, 0.05) is 11.7 Å². The molecule has 204 valence electrons. The number of amides is 3. The van der Waals surface area contributed by atoms with Crippen molar-refractivity contribution in [1.29, 1.82) is 0 Å². The molecule has 13 nitrogen and oxygen atoms in total. The molecule has 0 unspecified atom stereocenters. The molecule has 1 rings (SSSR count). The van der Waals surface area contributed by atoms with Gasteiger partial charge in [-0.15, -0.1) is 0 Å². The average Bonchev–Trinajstić information content (AvgIpc) is 2.78. The highest BCUT2D eigenvalue weighted by atomic mass is 32.2. The smallest absolute Gasteiger partial charge is 0.408 e. The monoisotopic (exact) mass is 541 g/mol. The van der Waals surface area contributed by atoms with Crippen LogP contribution in [0.15, 0.2) is 41.8 Å². The van der Waals surface area contributed by atoms with Crippen LogP contribution >= 0.6 is 0 Å². The molecule has 0 aliphatic carbocycles. The van der Waals surface area contributed by atoms with Gasteiger partial charge in [-0.1, -0.05) is 50.3 Å². The number of rotatable bonds is 14. The van der Waals surface area contributed by atoms with Crippen LogP contribution in [0.2, 0.25) is 0 Å². The zero-order valence-electron chi connectivity index (χ0n) is 20.5. The first-order valence-corrected chi connectivity index (χ1v) is 13.0. The molecule has 0 fully saturated rings. The Kier molecular flexibility index (Phi) is 12.3. The summed E-state index contributed by atoms with van der Waals surface area (Å²) >= 11 is 0. The SMILES string of the molecule is CC(C)[C@H](NC(=O)[C@H](CC(=O)O)NC(=O)OCc1ccccc1)C(=O)N[C@H](/C=C/S(C)(=O)=O)CC(=O)O. The third-order valence-corrected chi connectivity index (χ3v) is 5.38. The molecule has 0 aromatic heterocycles. The lowest BCUT2D eigenvalue weighted by molar-refractivity contribution is -0.140. The third-order valence-electron chi connectivity index (χ3n) is 4.73. The first-order valence-electron chi connectivity index (χ1n) is 11.1. The Morgan fingerprint density at radius 3 is 2.03 bits per heavy atom. The molecule has 0 radical (unpaired) electrons. The van der Waals surface area contributed by atoms with Gasteiger partial charge >= 0.3 is 18.0 Å². The zero-order valence-corrected chi connectivity index (χ0v) is 21.4. The molecule has 0 aliphatic heterocycles. The Bertz CT molecular complexity index is 1100. The second kappa shape index (κ2) is 14.6. The van der Waals surface area contributed by atoms with E-state index in [1.54, 1.807) is 44.2 Å². The van der Waals surface area contributed by atoms with Crippen LogP contribution in [-0.4, -0.2) is 72.9 Å². The van der Waals surface area contributed by atoms with Crippen LogP contribution in [0.1, 0.15) is 32.3 Å². The van der Waals surface area contributed by atoms with E-state index in [4.69, 9.17) is 14.9 Å². The van der Waals surface area contributed by atoms with Gasteiger partial charge in [-0.25, -0.2) is 13.2 Å². The minimum absolute atomic E-state index is 0.128. The molecule has 14 heteroatoms. The van der Waals surface area contributed by atoms with Crippen molar-refractivity contribution in [2.45, 2.75) is 51.4 Å². The summed E-state index contributed by atoms with van der Waals surface area (Å²) in [7, 11) is -3.61. The Morgan fingerprint density at radius 2 is 1.51 bits per heavy atom. The van der Waals surface area contributed by atoms with Gasteiger partial charge in [-0.05, 0) is 11.5 Å². The second-order valence-electron chi connectivity index (χ2n) is 8.46. The number of nitrogens with one attached hydrogen (secondary N) is 3. The number of hydrogen-bond donors (Lipinski definition) is 5. The molecule has 0 aliphatic rings. The molecular formula is C23H31N3O10S. The van der Waals surface area contributed by atoms with Crippen LogP contribution in [-0.2, 0) is 40.4 Å². The summed E-state index contributed by atoms with van der Waals surface area (Å²) in [6.07, 6.45) is -0.605. The van der Waals surface area contributed by atoms with Crippen molar-refractivity contribution < 1.29 is 47.3 Å². The standard InChI is InChI=1S/C23H31N3O10S/c1-14(2)20(22(32)24-16(11-18(27)28)9-10-37(3,34)35)26-21(31)17(12-19(29)30)25-23(33)36-13-15-7-5-4-6-8-15/h4-10,14,16-17,20H,11-13H2,1-3H3,(H,24,32)(H,25,33)(H,26,31)(H,27,28)(H,29,30)/b10-9+/t16-,17+,20+/m1/s1. The zero-order chi connectivity index (χ0) is 28.2. The summed E-state index contributed by atoms with van der Waals surface area (Å²) in [5.74, 6) is -5.10. The molecule has 0 spiro atoms. The maximum Gasteiger partial charge on any atom is 0.408 e. The van der Waals surface area contributed by atoms with E-state index in [1.807, 2.05) is 0 Å².